The van der Waals surface area contributed by atoms with Gasteiger partial charge >= 0.3 is 0 Å². The lowest BCUT2D eigenvalue weighted by atomic mass is 10.2. The van der Waals surface area contributed by atoms with Gasteiger partial charge in [0.15, 0.2) is 0 Å². The normalized spacial score (nSPS) is 11.3. The van der Waals surface area contributed by atoms with E-state index >= 15 is 0 Å². The highest BCUT2D eigenvalue weighted by molar-refractivity contribution is 7.98. The van der Waals surface area contributed by atoms with Crippen LogP contribution < -0.4 is 16.2 Å². The van der Waals surface area contributed by atoms with Crippen LogP contribution in [0.4, 0.5) is 17.1 Å². The molecule has 0 saturated heterocycles. The van der Waals surface area contributed by atoms with Gasteiger partial charge in [0.25, 0.3) is 0 Å². The predicted octanol–water partition coefficient (Wildman–Crippen LogP) is 2.38. The third kappa shape index (κ3) is 3.24. The summed E-state index contributed by atoms with van der Waals surface area (Å²) in [6, 6.07) is 12.2. The van der Waals surface area contributed by atoms with Gasteiger partial charge in [-0.2, -0.15) is 0 Å². The zero-order valence-electron chi connectivity index (χ0n) is 10.8. The van der Waals surface area contributed by atoms with E-state index in [4.69, 9.17) is 10.9 Å². The first-order valence-corrected chi connectivity index (χ1v) is 8.51. The summed E-state index contributed by atoms with van der Waals surface area (Å²) in [5.74, 6) is 0. The molecule has 0 unspecified atom stereocenters. The first-order valence-electron chi connectivity index (χ1n) is 5.74. The van der Waals surface area contributed by atoms with Gasteiger partial charge < -0.3 is 11.1 Å². The molecule has 0 fully saturated rings. The Labute approximate surface area is 122 Å². The molecule has 5 N–H and O–H groups in total. The summed E-state index contributed by atoms with van der Waals surface area (Å²) in [6.45, 7) is 0. The van der Waals surface area contributed by atoms with Crippen molar-refractivity contribution in [1.29, 1.82) is 0 Å². The Bertz CT molecular complexity index is 730. The van der Waals surface area contributed by atoms with Crippen LogP contribution in [0.15, 0.2) is 52.3 Å². The molecule has 0 saturated carbocycles. The number of nitrogens with two attached hydrogens (primary N) is 2. The molecule has 0 aliphatic heterocycles. The number of primary sulfonamides is 1. The van der Waals surface area contributed by atoms with Crippen LogP contribution in [0, 0.1) is 0 Å². The molecule has 2 rings (SSSR count). The second-order valence-electron chi connectivity index (χ2n) is 4.12. The molecule has 0 aliphatic carbocycles. The van der Waals surface area contributed by atoms with Gasteiger partial charge in [-0.1, -0.05) is 12.1 Å². The van der Waals surface area contributed by atoms with Crippen LogP contribution >= 0.6 is 11.8 Å². The minimum absolute atomic E-state index is 0.00120. The number of nitrogen functional groups attached to an aromatic ring is 1. The molecule has 0 aromatic heterocycles. The summed E-state index contributed by atoms with van der Waals surface area (Å²) in [5, 5.41) is 8.26. The maximum atomic E-state index is 11.3. The number of anilines is 3. The van der Waals surface area contributed by atoms with Crippen LogP contribution in [0.1, 0.15) is 0 Å². The fourth-order valence-electron chi connectivity index (χ4n) is 1.72. The predicted molar refractivity (Wildman–Crippen MR) is 83.7 cm³/mol. The van der Waals surface area contributed by atoms with Crippen molar-refractivity contribution >= 4 is 38.8 Å². The number of benzene rings is 2. The van der Waals surface area contributed by atoms with E-state index in [2.05, 4.69) is 5.32 Å². The maximum Gasteiger partial charge on any atom is 0.238 e. The number of hydrogen-bond donors (Lipinski definition) is 3. The Morgan fingerprint density at radius 3 is 2.40 bits per heavy atom. The maximum absolute atomic E-state index is 11.3. The smallest absolute Gasteiger partial charge is 0.238 e. The zero-order valence-corrected chi connectivity index (χ0v) is 12.5. The molecule has 7 heteroatoms. The Balaban J connectivity index is 2.35. The van der Waals surface area contributed by atoms with Crippen molar-refractivity contribution in [3.05, 3.63) is 42.5 Å². The first kappa shape index (κ1) is 14.7. The van der Waals surface area contributed by atoms with Gasteiger partial charge in [0, 0.05) is 4.90 Å². The van der Waals surface area contributed by atoms with Crippen molar-refractivity contribution in [2.45, 2.75) is 9.79 Å². The summed E-state index contributed by atoms with van der Waals surface area (Å²) >= 11 is 1.61. The minimum atomic E-state index is -3.74. The molecule has 0 aliphatic rings. The fourth-order valence-corrected chi connectivity index (χ4v) is 2.83. The highest BCUT2D eigenvalue weighted by Gasteiger charge is 2.10. The second-order valence-corrected chi connectivity index (χ2v) is 6.53. The second kappa shape index (κ2) is 5.74. The van der Waals surface area contributed by atoms with Gasteiger partial charge in [-0.05, 0) is 36.6 Å². The molecule has 20 heavy (non-hydrogen) atoms. The van der Waals surface area contributed by atoms with Gasteiger partial charge in [-0.25, -0.2) is 13.6 Å². The van der Waals surface area contributed by atoms with Gasteiger partial charge in [-0.15, -0.1) is 11.8 Å². The largest absolute Gasteiger partial charge is 0.397 e. The van der Waals surface area contributed by atoms with E-state index in [0.717, 1.165) is 10.6 Å². The number of rotatable bonds is 4. The van der Waals surface area contributed by atoms with E-state index in [9.17, 15) is 8.42 Å². The van der Waals surface area contributed by atoms with E-state index in [1.165, 1.54) is 12.1 Å². The average Bonchev–Trinajstić information content (AvgIpc) is 2.40. The Morgan fingerprint density at radius 2 is 1.80 bits per heavy atom. The third-order valence-electron chi connectivity index (χ3n) is 2.73. The molecule has 0 amide bonds. The number of sulfonamides is 1. The monoisotopic (exact) mass is 309 g/mol. The Hall–Kier alpha value is -1.70. The summed E-state index contributed by atoms with van der Waals surface area (Å²) in [5.41, 5.74) is 7.74. The van der Waals surface area contributed by atoms with Gasteiger partial charge in [0.2, 0.25) is 10.0 Å². The van der Waals surface area contributed by atoms with Gasteiger partial charge in [-0.3, -0.25) is 0 Å². The quantitative estimate of drug-likeness (QED) is 0.595. The van der Waals surface area contributed by atoms with Crippen LogP contribution in [0.2, 0.25) is 0 Å². The van der Waals surface area contributed by atoms with Crippen LogP contribution in [0.5, 0.6) is 0 Å². The van der Waals surface area contributed by atoms with E-state index in [1.54, 1.807) is 17.8 Å². The zero-order chi connectivity index (χ0) is 14.8. The number of para-hydroxylation sites is 1. The van der Waals surface area contributed by atoms with Crippen molar-refractivity contribution in [3.8, 4) is 0 Å². The fraction of sp³-hybridized carbons (Fsp3) is 0.0769. The molecule has 2 aromatic carbocycles. The highest BCUT2D eigenvalue weighted by Crippen LogP contribution is 2.31. The van der Waals surface area contributed by atoms with Gasteiger partial charge in [0.1, 0.15) is 0 Å². The highest BCUT2D eigenvalue weighted by atomic mass is 32.2. The van der Waals surface area contributed by atoms with Crippen LogP contribution in [0.3, 0.4) is 0 Å². The van der Waals surface area contributed by atoms with Crippen molar-refractivity contribution < 1.29 is 8.42 Å². The van der Waals surface area contributed by atoms with Crippen LogP contribution in [0.25, 0.3) is 0 Å². The van der Waals surface area contributed by atoms with E-state index in [0.29, 0.717) is 11.4 Å². The molecule has 0 heterocycles. The molecule has 106 valence electrons. The van der Waals surface area contributed by atoms with Crippen molar-refractivity contribution in [3.63, 3.8) is 0 Å². The topological polar surface area (TPSA) is 98.2 Å². The summed E-state index contributed by atoms with van der Waals surface area (Å²) in [4.78, 5) is 1.07. The SMILES string of the molecule is CSc1ccccc1Nc1ccc(S(N)(=O)=O)cc1N. The molecule has 0 atom stereocenters. The third-order valence-corrected chi connectivity index (χ3v) is 4.43. The first-order chi connectivity index (χ1) is 9.41. The van der Waals surface area contributed by atoms with E-state index in [1.807, 2.05) is 30.5 Å². The van der Waals surface area contributed by atoms with Crippen LogP contribution in [-0.4, -0.2) is 14.7 Å². The van der Waals surface area contributed by atoms with Crippen molar-refractivity contribution in [1.82, 2.24) is 0 Å². The molecule has 0 bridgehead atoms. The Morgan fingerprint density at radius 1 is 1.10 bits per heavy atom. The Kier molecular flexibility index (Phi) is 4.22. The van der Waals surface area contributed by atoms with Crippen molar-refractivity contribution in [2.24, 2.45) is 5.14 Å². The average molecular weight is 309 g/mol. The van der Waals surface area contributed by atoms with Crippen molar-refractivity contribution in [2.75, 3.05) is 17.3 Å². The van der Waals surface area contributed by atoms with E-state index < -0.39 is 10.0 Å². The lowest BCUT2D eigenvalue weighted by Crippen LogP contribution is -2.12. The van der Waals surface area contributed by atoms with E-state index in [-0.39, 0.29) is 4.90 Å². The number of hydrogen-bond acceptors (Lipinski definition) is 5. The standard InChI is InChI=1S/C13H15N3O2S2/c1-19-13-5-3-2-4-12(13)16-11-7-6-9(8-10(11)14)20(15,17)18/h2-8,16H,14H2,1H3,(H2,15,17,18). The number of nitrogens with one attached hydrogen (secondary N) is 1. The minimum Gasteiger partial charge on any atom is -0.397 e. The molecular formula is C13H15N3O2S2. The molecule has 2 aromatic rings. The molecule has 5 nitrogen and oxygen atoms in total. The summed E-state index contributed by atoms with van der Waals surface area (Å²) in [7, 11) is -3.74. The van der Waals surface area contributed by atoms with Gasteiger partial charge in [0.05, 0.1) is 22.0 Å². The lowest BCUT2D eigenvalue weighted by molar-refractivity contribution is 0.598. The number of thioether (sulfide) groups is 1. The molecule has 0 spiro atoms. The van der Waals surface area contributed by atoms with Crippen LogP contribution in [-0.2, 0) is 10.0 Å². The molecular weight excluding hydrogens is 294 g/mol. The molecule has 0 radical (unpaired) electrons. The lowest BCUT2D eigenvalue weighted by Gasteiger charge is -2.13. The summed E-state index contributed by atoms with van der Waals surface area (Å²) in [6.07, 6.45) is 1.98. The summed E-state index contributed by atoms with van der Waals surface area (Å²) < 4.78 is 22.5.